The van der Waals surface area contributed by atoms with E-state index < -0.39 is 0 Å². The van der Waals surface area contributed by atoms with Crippen LogP contribution in [0.5, 0.6) is 0 Å². The van der Waals surface area contributed by atoms with E-state index in [0.29, 0.717) is 13.0 Å². The first-order valence-electron chi connectivity index (χ1n) is 8.54. The van der Waals surface area contributed by atoms with Crippen LogP contribution in [0.15, 0.2) is 36.5 Å². The Kier molecular flexibility index (Phi) is 5.00. The van der Waals surface area contributed by atoms with Gasteiger partial charge in [-0.15, -0.1) is 0 Å². The molecule has 5 heteroatoms. The number of carbonyl (C=O) groups excluding carboxylic acids is 1. The Labute approximate surface area is 143 Å². The van der Waals surface area contributed by atoms with Crippen molar-refractivity contribution < 1.29 is 4.79 Å². The lowest BCUT2D eigenvalue weighted by molar-refractivity contribution is -0.133. The zero-order chi connectivity index (χ0) is 17.1. The quantitative estimate of drug-likeness (QED) is 0.864. The lowest BCUT2D eigenvalue weighted by Gasteiger charge is -2.32. The fourth-order valence-electron chi connectivity index (χ4n) is 3.40. The number of fused-ring (bicyclic) bond motifs is 1. The molecule has 0 saturated heterocycles. The lowest BCUT2D eigenvalue weighted by atomic mass is 10.0. The maximum absolute atomic E-state index is 13.1. The van der Waals surface area contributed by atoms with Crippen LogP contribution in [-0.2, 0) is 24.3 Å². The molecule has 0 aliphatic carbocycles. The standard InChI is InChI=1S/C19H26N4O/c1-15-6-4-5-7-16(15)12-19(24)22-14-18-8-10-20-23(18)11-9-17(22)13-21(2)3/h4-8,10,17H,9,11-14H2,1-3H3/t17-/m1/s1. The highest BCUT2D eigenvalue weighted by molar-refractivity contribution is 5.79. The Hall–Kier alpha value is -2.14. The van der Waals surface area contributed by atoms with Crippen molar-refractivity contribution in [2.45, 2.75) is 38.9 Å². The van der Waals surface area contributed by atoms with Gasteiger partial charge in [-0.1, -0.05) is 24.3 Å². The third kappa shape index (κ3) is 3.67. The van der Waals surface area contributed by atoms with E-state index in [-0.39, 0.29) is 11.9 Å². The molecule has 0 saturated carbocycles. The van der Waals surface area contributed by atoms with E-state index in [9.17, 15) is 4.79 Å². The molecule has 0 spiro atoms. The third-order valence-corrected chi connectivity index (χ3v) is 4.75. The first-order valence-corrected chi connectivity index (χ1v) is 8.54. The molecule has 0 unspecified atom stereocenters. The molecule has 0 bridgehead atoms. The van der Waals surface area contributed by atoms with Gasteiger partial charge in [0.1, 0.15) is 0 Å². The molecule has 1 atom stereocenters. The Bertz CT molecular complexity index is 707. The van der Waals surface area contributed by atoms with Crippen molar-refractivity contribution >= 4 is 5.91 Å². The molecule has 1 aromatic carbocycles. The van der Waals surface area contributed by atoms with Crippen LogP contribution in [0, 0.1) is 6.92 Å². The van der Waals surface area contributed by atoms with Gasteiger partial charge in [0.05, 0.1) is 18.7 Å². The van der Waals surface area contributed by atoms with Gasteiger partial charge in [0, 0.05) is 25.3 Å². The zero-order valence-corrected chi connectivity index (χ0v) is 14.8. The molecule has 24 heavy (non-hydrogen) atoms. The number of amides is 1. The minimum Gasteiger partial charge on any atom is -0.332 e. The number of aryl methyl sites for hydroxylation is 2. The zero-order valence-electron chi connectivity index (χ0n) is 14.8. The molecule has 5 nitrogen and oxygen atoms in total. The molecule has 1 aromatic heterocycles. The molecular weight excluding hydrogens is 300 g/mol. The second-order valence-corrected chi connectivity index (χ2v) is 6.88. The van der Waals surface area contributed by atoms with Gasteiger partial charge in [0.2, 0.25) is 5.91 Å². The van der Waals surface area contributed by atoms with Crippen LogP contribution in [0.25, 0.3) is 0 Å². The molecule has 1 aliphatic rings. The minimum absolute atomic E-state index is 0.200. The van der Waals surface area contributed by atoms with Gasteiger partial charge in [-0.05, 0) is 44.6 Å². The van der Waals surface area contributed by atoms with Gasteiger partial charge in [0.25, 0.3) is 0 Å². The second kappa shape index (κ2) is 7.18. The molecule has 1 amide bonds. The molecule has 0 radical (unpaired) electrons. The van der Waals surface area contributed by atoms with E-state index in [2.05, 4.69) is 43.2 Å². The molecular formula is C19H26N4O. The fourth-order valence-corrected chi connectivity index (χ4v) is 3.40. The molecule has 0 N–H and O–H groups in total. The Morgan fingerprint density at radius 1 is 1.29 bits per heavy atom. The van der Waals surface area contributed by atoms with Crippen LogP contribution in [-0.4, -0.2) is 52.2 Å². The predicted octanol–water partition coefficient (Wildman–Crippen LogP) is 2.10. The lowest BCUT2D eigenvalue weighted by Crippen LogP contribution is -2.45. The number of likely N-dealkylation sites (N-methyl/N-ethyl adjacent to an activating group) is 1. The highest BCUT2D eigenvalue weighted by Gasteiger charge is 2.28. The Morgan fingerprint density at radius 2 is 2.08 bits per heavy atom. The summed E-state index contributed by atoms with van der Waals surface area (Å²) in [7, 11) is 4.13. The molecule has 2 aromatic rings. The summed E-state index contributed by atoms with van der Waals surface area (Å²) < 4.78 is 2.03. The summed E-state index contributed by atoms with van der Waals surface area (Å²) in [5, 5.41) is 4.39. The van der Waals surface area contributed by atoms with Crippen molar-refractivity contribution in [2.24, 2.45) is 0 Å². The summed E-state index contributed by atoms with van der Waals surface area (Å²) in [6.07, 6.45) is 3.22. The van der Waals surface area contributed by atoms with Gasteiger partial charge in [-0.3, -0.25) is 9.48 Å². The van der Waals surface area contributed by atoms with Gasteiger partial charge in [-0.25, -0.2) is 0 Å². The molecule has 128 valence electrons. The van der Waals surface area contributed by atoms with E-state index in [1.54, 1.807) is 0 Å². The normalized spacial score (nSPS) is 17.7. The smallest absolute Gasteiger partial charge is 0.227 e. The van der Waals surface area contributed by atoms with E-state index in [1.165, 1.54) is 5.56 Å². The molecule has 2 heterocycles. The number of hydrogen-bond donors (Lipinski definition) is 0. The van der Waals surface area contributed by atoms with Crippen molar-refractivity contribution in [2.75, 3.05) is 20.6 Å². The maximum atomic E-state index is 13.1. The van der Waals surface area contributed by atoms with Crippen LogP contribution >= 0.6 is 0 Å². The van der Waals surface area contributed by atoms with Gasteiger partial charge in [0.15, 0.2) is 0 Å². The summed E-state index contributed by atoms with van der Waals surface area (Å²) in [4.78, 5) is 17.3. The van der Waals surface area contributed by atoms with Crippen LogP contribution in [0.3, 0.4) is 0 Å². The highest BCUT2D eigenvalue weighted by Crippen LogP contribution is 2.20. The summed E-state index contributed by atoms with van der Waals surface area (Å²) in [6.45, 7) is 4.46. The number of nitrogens with zero attached hydrogens (tertiary/aromatic N) is 4. The second-order valence-electron chi connectivity index (χ2n) is 6.88. The first kappa shape index (κ1) is 16.7. The summed E-state index contributed by atoms with van der Waals surface area (Å²) in [5.41, 5.74) is 3.41. The van der Waals surface area contributed by atoms with Crippen molar-refractivity contribution in [3.05, 3.63) is 53.3 Å². The molecule has 3 rings (SSSR count). The van der Waals surface area contributed by atoms with Crippen molar-refractivity contribution in [3.8, 4) is 0 Å². The molecule has 1 aliphatic heterocycles. The van der Waals surface area contributed by atoms with Gasteiger partial charge >= 0.3 is 0 Å². The predicted molar refractivity (Wildman–Crippen MR) is 94.6 cm³/mol. The summed E-state index contributed by atoms with van der Waals surface area (Å²) in [6, 6.07) is 10.4. The van der Waals surface area contributed by atoms with Crippen molar-refractivity contribution in [1.82, 2.24) is 19.6 Å². The van der Waals surface area contributed by atoms with E-state index in [0.717, 1.165) is 30.8 Å². The van der Waals surface area contributed by atoms with Crippen molar-refractivity contribution in [3.63, 3.8) is 0 Å². The highest BCUT2D eigenvalue weighted by atomic mass is 16.2. The number of benzene rings is 1. The average Bonchev–Trinajstić information content (AvgIpc) is 2.91. The van der Waals surface area contributed by atoms with E-state index >= 15 is 0 Å². The Morgan fingerprint density at radius 3 is 2.83 bits per heavy atom. The number of hydrogen-bond acceptors (Lipinski definition) is 3. The first-order chi connectivity index (χ1) is 11.5. The van der Waals surface area contributed by atoms with E-state index in [4.69, 9.17) is 0 Å². The van der Waals surface area contributed by atoms with Crippen LogP contribution in [0.4, 0.5) is 0 Å². The van der Waals surface area contributed by atoms with Crippen LogP contribution < -0.4 is 0 Å². The topological polar surface area (TPSA) is 41.4 Å². The Balaban J connectivity index is 1.82. The largest absolute Gasteiger partial charge is 0.332 e. The van der Waals surface area contributed by atoms with E-state index in [1.807, 2.05) is 34.0 Å². The number of rotatable bonds is 4. The SMILES string of the molecule is Cc1ccccc1CC(=O)N1Cc2ccnn2CC[C@@H]1CN(C)C. The average molecular weight is 326 g/mol. The summed E-state index contributed by atoms with van der Waals surface area (Å²) in [5.74, 6) is 0.200. The summed E-state index contributed by atoms with van der Waals surface area (Å²) >= 11 is 0. The van der Waals surface area contributed by atoms with Gasteiger partial charge < -0.3 is 9.80 Å². The maximum Gasteiger partial charge on any atom is 0.227 e. The number of carbonyl (C=O) groups is 1. The van der Waals surface area contributed by atoms with Crippen molar-refractivity contribution in [1.29, 1.82) is 0 Å². The monoisotopic (exact) mass is 326 g/mol. The number of aromatic nitrogens is 2. The minimum atomic E-state index is 0.200. The van der Waals surface area contributed by atoms with Crippen LogP contribution in [0.1, 0.15) is 23.2 Å². The van der Waals surface area contributed by atoms with Crippen LogP contribution in [0.2, 0.25) is 0 Å². The fraction of sp³-hybridized carbons (Fsp3) is 0.474. The third-order valence-electron chi connectivity index (χ3n) is 4.75. The molecule has 0 fully saturated rings. The van der Waals surface area contributed by atoms with Gasteiger partial charge in [-0.2, -0.15) is 5.10 Å².